The van der Waals surface area contributed by atoms with Crippen molar-refractivity contribution in [3.05, 3.63) is 6.92 Å². The smallest absolute Gasteiger partial charge is 0.0649 e. The predicted molar refractivity (Wildman–Crippen MR) is 27.2 cm³/mol. The van der Waals surface area contributed by atoms with Crippen LogP contribution >= 0.6 is 0 Å². The standard InChI is InChI=1S/C6H11/c1-3-6-4-5(6)2/h5-6H,2-4H2,1H3/q+1. The summed E-state index contributed by atoms with van der Waals surface area (Å²) in [6, 6.07) is 0. The van der Waals surface area contributed by atoms with Crippen molar-refractivity contribution in [3.63, 3.8) is 0 Å². The molecule has 6 heavy (non-hydrogen) atoms. The molecule has 1 rings (SSSR count). The van der Waals surface area contributed by atoms with E-state index in [9.17, 15) is 0 Å². The molecule has 0 N–H and O–H groups in total. The van der Waals surface area contributed by atoms with E-state index < -0.39 is 0 Å². The van der Waals surface area contributed by atoms with Crippen LogP contribution in [0.25, 0.3) is 0 Å². The summed E-state index contributed by atoms with van der Waals surface area (Å²) in [5.41, 5.74) is 0. The summed E-state index contributed by atoms with van der Waals surface area (Å²) in [6.07, 6.45) is 2.73. The van der Waals surface area contributed by atoms with Crippen LogP contribution in [0.2, 0.25) is 0 Å². The summed E-state index contributed by atoms with van der Waals surface area (Å²) in [4.78, 5) is 0. The first-order valence-corrected chi connectivity index (χ1v) is 2.67. The Labute approximate surface area is 39.6 Å². The molecule has 0 bridgehead atoms. The molecular weight excluding hydrogens is 72.1 g/mol. The quantitative estimate of drug-likeness (QED) is 0.424. The van der Waals surface area contributed by atoms with Crippen LogP contribution in [0.4, 0.5) is 0 Å². The third-order valence-corrected chi connectivity index (χ3v) is 1.59. The third-order valence-electron chi connectivity index (χ3n) is 1.59. The lowest BCUT2D eigenvalue weighted by Gasteiger charge is -1.74. The average molecular weight is 83.2 g/mol. The van der Waals surface area contributed by atoms with Crippen LogP contribution < -0.4 is 0 Å². The molecule has 0 amide bonds. The van der Waals surface area contributed by atoms with Crippen LogP contribution in [0.3, 0.4) is 0 Å². The third kappa shape index (κ3) is 0.515. The monoisotopic (exact) mass is 83.1 g/mol. The zero-order valence-electron chi connectivity index (χ0n) is 4.28. The SMILES string of the molecule is [CH2+]C1CC1CC. The highest BCUT2D eigenvalue weighted by atomic mass is 14.3. The minimum absolute atomic E-state index is 0.815. The minimum atomic E-state index is 0.815. The van der Waals surface area contributed by atoms with Gasteiger partial charge in [-0.25, -0.2) is 0 Å². The highest BCUT2D eigenvalue weighted by molar-refractivity contribution is 4.86. The number of rotatable bonds is 1. The van der Waals surface area contributed by atoms with Gasteiger partial charge in [0.25, 0.3) is 0 Å². The van der Waals surface area contributed by atoms with E-state index >= 15 is 0 Å². The minimum Gasteiger partial charge on any atom is -0.0649 e. The average Bonchev–Trinajstić information content (AvgIpc) is 2.19. The molecule has 0 heterocycles. The first-order valence-electron chi connectivity index (χ1n) is 2.67. The van der Waals surface area contributed by atoms with Crippen LogP contribution in [0, 0.1) is 18.8 Å². The lowest BCUT2D eigenvalue weighted by atomic mass is 10.3. The molecule has 2 unspecified atom stereocenters. The van der Waals surface area contributed by atoms with E-state index in [1.807, 2.05) is 0 Å². The molecule has 1 saturated carbocycles. The Morgan fingerprint density at radius 3 is 2.33 bits per heavy atom. The van der Waals surface area contributed by atoms with E-state index in [0.29, 0.717) is 0 Å². The largest absolute Gasteiger partial charge is 0.0986 e. The molecule has 0 saturated heterocycles. The maximum absolute atomic E-state index is 3.90. The van der Waals surface area contributed by atoms with Crippen molar-refractivity contribution in [1.82, 2.24) is 0 Å². The highest BCUT2D eigenvalue weighted by Gasteiger charge is 2.37. The van der Waals surface area contributed by atoms with E-state index in [1.54, 1.807) is 0 Å². The second kappa shape index (κ2) is 1.18. The Morgan fingerprint density at radius 1 is 1.83 bits per heavy atom. The Hall–Kier alpha value is -0.130. The first-order chi connectivity index (χ1) is 2.84. The van der Waals surface area contributed by atoms with E-state index in [1.165, 1.54) is 12.8 Å². The van der Waals surface area contributed by atoms with Crippen LogP contribution in [0.1, 0.15) is 19.8 Å². The summed E-state index contributed by atoms with van der Waals surface area (Å²) >= 11 is 0. The van der Waals surface area contributed by atoms with Gasteiger partial charge in [-0.3, -0.25) is 0 Å². The van der Waals surface area contributed by atoms with E-state index in [-0.39, 0.29) is 0 Å². The topological polar surface area (TPSA) is 0 Å². The fourth-order valence-electron chi connectivity index (χ4n) is 0.810. The van der Waals surface area contributed by atoms with Gasteiger partial charge < -0.3 is 0 Å². The molecule has 0 radical (unpaired) electrons. The van der Waals surface area contributed by atoms with Crippen molar-refractivity contribution in [2.24, 2.45) is 11.8 Å². The maximum Gasteiger partial charge on any atom is 0.0986 e. The number of hydrogen-bond acceptors (Lipinski definition) is 0. The lowest BCUT2D eigenvalue weighted by Crippen LogP contribution is -1.68. The second-order valence-corrected chi connectivity index (χ2v) is 2.16. The van der Waals surface area contributed by atoms with Gasteiger partial charge in [0, 0.05) is 5.92 Å². The molecule has 0 aromatic carbocycles. The summed E-state index contributed by atoms with van der Waals surface area (Å²) < 4.78 is 0. The summed E-state index contributed by atoms with van der Waals surface area (Å²) in [5, 5.41) is 0. The Morgan fingerprint density at radius 2 is 2.33 bits per heavy atom. The molecule has 0 aromatic rings. The van der Waals surface area contributed by atoms with Gasteiger partial charge >= 0.3 is 0 Å². The molecule has 34 valence electrons. The maximum atomic E-state index is 3.90. The van der Waals surface area contributed by atoms with Crippen molar-refractivity contribution in [3.8, 4) is 0 Å². The second-order valence-electron chi connectivity index (χ2n) is 2.16. The van der Waals surface area contributed by atoms with Gasteiger partial charge in [-0.05, 0) is 12.8 Å². The van der Waals surface area contributed by atoms with Gasteiger partial charge in [-0.1, -0.05) is 6.92 Å². The van der Waals surface area contributed by atoms with E-state index in [2.05, 4.69) is 13.8 Å². The Balaban J connectivity index is 2.09. The first kappa shape index (κ1) is 4.04. The van der Waals surface area contributed by atoms with Crippen molar-refractivity contribution in [1.29, 1.82) is 0 Å². The fourth-order valence-corrected chi connectivity index (χ4v) is 0.810. The number of hydrogen-bond donors (Lipinski definition) is 0. The van der Waals surface area contributed by atoms with Gasteiger partial charge in [-0.15, -0.1) is 0 Å². The summed E-state index contributed by atoms with van der Waals surface area (Å²) in [6.45, 7) is 6.13. The fraction of sp³-hybridized carbons (Fsp3) is 0.833. The predicted octanol–water partition coefficient (Wildman–Crippen LogP) is 1.87. The Kier molecular flexibility index (Phi) is 0.793. The normalized spacial score (nSPS) is 42.8. The van der Waals surface area contributed by atoms with Crippen LogP contribution in [0.5, 0.6) is 0 Å². The van der Waals surface area contributed by atoms with Crippen molar-refractivity contribution in [2.75, 3.05) is 0 Å². The Bertz CT molecular complexity index is 46.0. The lowest BCUT2D eigenvalue weighted by molar-refractivity contribution is 0.754. The molecule has 0 aromatic heterocycles. The van der Waals surface area contributed by atoms with Gasteiger partial charge in [-0.2, -0.15) is 0 Å². The molecule has 0 aliphatic heterocycles. The molecule has 2 atom stereocenters. The molecule has 0 spiro atoms. The molecule has 1 aliphatic rings. The van der Waals surface area contributed by atoms with Gasteiger partial charge in [0.1, 0.15) is 0 Å². The molecular formula is C6H11+. The van der Waals surface area contributed by atoms with E-state index in [4.69, 9.17) is 0 Å². The molecule has 0 nitrogen and oxygen atoms in total. The zero-order chi connectivity index (χ0) is 4.57. The van der Waals surface area contributed by atoms with Crippen molar-refractivity contribution in [2.45, 2.75) is 19.8 Å². The van der Waals surface area contributed by atoms with Crippen LogP contribution in [-0.4, -0.2) is 0 Å². The summed E-state index contributed by atoms with van der Waals surface area (Å²) in [7, 11) is 0. The van der Waals surface area contributed by atoms with Crippen LogP contribution in [0.15, 0.2) is 0 Å². The van der Waals surface area contributed by atoms with E-state index in [0.717, 1.165) is 11.8 Å². The molecule has 1 fully saturated rings. The zero-order valence-corrected chi connectivity index (χ0v) is 4.28. The molecule has 0 heteroatoms. The van der Waals surface area contributed by atoms with Gasteiger partial charge in [0.15, 0.2) is 0 Å². The molecule has 1 aliphatic carbocycles. The van der Waals surface area contributed by atoms with Crippen molar-refractivity contribution >= 4 is 0 Å². The summed E-state index contributed by atoms with van der Waals surface area (Å²) in [5.74, 6) is 1.81. The highest BCUT2D eigenvalue weighted by Crippen LogP contribution is 2.39. The van der Waals surface area contributed by atoms with Gasteiger partial charge in [0.2, 0.25) is 0 Å². The van der Waals surface area contributed by atoms with Gasteiger partial charge in [0.05, 0.1) is 12.8 Å². The van der Waals surface area contributed by atoms with Crippen molar-refractivity contribution < 1.29 is 0 Å². The van der Waals surface area contributed by atoms with Crippen LogP contribution in [-0.2, 0) is 0 Å².